The summed E-state index contributed by atoms with van der Waals surface area (Å²) in [5.74, 6) is 5.17. The molecule has 0 saturated carbocycles. The van der Waals surface area contributed by atoms with Gasteiger partial charge in [0.2, 0.25) is 5.91 Å². The molecule has 2 aliphatic heterocycles. The van der Waals surface area contributed by atoms with E-state index in [1.807, 2.05) is 19.9 Å². The normalized spacial score (nSPS) is 20.5. The topological polar surface area (TPSA) is 97.2 Å². The Balaban J connectivity index is 0.00000126. The maximum Gasteiger partial charge on any atom is 0.238 e. The molecule has 1 aromatic carbocycles. The van der Waals surface area contributed by atoms with E-state index in [1.54, 1.807) is 12.0 Å². The Morgan fingerprint density at radius 2 is 1.96 bits per heavy atom. The molecule has 7 heteroatoms. The third-order valence-corrected chi connectivity index (χ3v) is 4.97. The zero-order valence-corrected chi connectivity index (χ0v) is 16.8. The van der Waals surface area contributed by atoms with E-state index in [2.05, 4.69) is 22.1 Å². The smallest absolute Gasteiger partial charge is 0.238 e. The average Bonchev–Trinajstić information content (AvgIpc) is 3.24. The fourth-order valence-corrected chi connectivity index (χ4v) is 3.70. The highest BCUT2D eigenvalue weighted by atomic mass is 16.5. The summed E-state index contributed by atoms with van der Waals surface area (Å²) in [6.45, 7) is 7.51. The third kappa shape index (κ3) is 4.42. The van der Waals surface area contributed by atoms with Crippen LogP contribution in [-0.2, 0) is 9.53 Å². The molecule has 2 heterocycles. The molecule has 0 bridgehead atoms. The molecule has 1 fully saturated rings. The van der Waals surface area contributed by atoms with Crippen molar-refractivity contribution in [1.29, 1.82) is 0 Å². The molecule has 0 radical (unpaired) electrons. The first-order valence-electron chi connectivity index (χ1n) is 9.88. The van der Waals surface area contributed by atoms with Crippen molar-refractivity contribution < 1.29 is 9.53 Å². The van der Waals surface area contributed by atoms with Gasteiger partial charge in [0.05, 0.1) is 18.0 Å². The van der Waals surface area contributed by atoms with E-state index >= 15 is 0 Å². The molecule has 0 aromatic heterocycles. The quantitative estimate of drug-likeness (QED) is 0.585. The fraction of sp³-hybridized carbons (Fsp3) is 0.600. The third-order valence-electron chi connectivity index (χ3n) is 4.97. The molecule has 27 heavy (non-hydrogen) atoms. The van der Waals surface area contributed by atoms with Crippen LogP contribution in [0.5, 0.6) is 0 Å². The summed E-state index contributed by atoms with van der Waals surface area (Å²) >= 11 is 0. The van der Waals surface area contributed by atoms with E-state index in [0.29, 0.717) is 18.8 Å². The number of hydrazone groups is 1. The highest BCUT2D eigenvalue weighted by molar-refractivity contribution is 6.24. The predicted octanol–water partition coefficient (Wildman–Crippen LogP) is 1.93. The van der Waals surface area contributed by atoms with Gasteiger partial charge in [0.15, 0.2) is 0 Å². The van der Waals surface area contributed by atoms with Crippen LogP contribution in [0.2, 0.25) is 0 Å². The summed E-state index contributed by atoms with van der Waals surface area (Å²) < 4.78 is 5.26. The Bertz CT molecular complexity index is 656. The Kier molecular flexibility index (Phi) is 8.06. The van der Waals surface area contributed by atoms with Crippen LogP contribution in [-0.4, -0.2) is 51.5 Å². The van der Waals surface area contributed by atoms with Crippen LogP contribution >= 0.6 is 0 Å². The van der Waals surface area contributed by atoms with E-state index in [4.69, 9.17) is 16.3 Å². The van der Waals surface area contributed by atoms with Crippen molar-refractivity contribution in [3.8, 4) is 0 Å². The second-order valence-corrected chi connectivity index (χ2v) is 6.55. The minimum atomic E-state index is -0.478. The SMILES string of the molecule is CC.COCC1C(=O)N(CCCN)c2ccc(N3CCCC3)cc2/C1=N/N. The Labute approximate surface area is 162 Å². The van der Waals surface area contributed by atoms with Gasteiger partial charge in [-0.05, 0) is 44.0 Å². The van der Waals surface area contributed by atoms with Gasteiger partial charge in [-0.15, -0.1) is 0 Å². The van der Waals surface area contributed by atoms with Crippen LogP contribution in [0.1, 0.15) is 38.7 Å². The van der Waals surface area contributed by atoms with Crippen LogP contribution in [0.4, 0.5) is 11.4 Å². The van der Waals surface area contributed by atoms with Gasteiger partial charge in [-0.1, -0.05) is 13.8 Å². The van der Waals surface area contributed by atoms with Crippen molar-refractivity contribution in [1.82, 2.24) is 0 Å². The summed E-state index contributed by atoms with van der Waals surface area (Å²) in [4.78, 5) is 17.1. The molecular formula is C20H33N5O2. The molecule has 4 N–H and O–H groups in total. The first kappa shape index (κ1) is 21.2. The molecule has 1 aromatic rings. The largest absolute Gasteiger partial charge is 0.383 e. The molecule has 1 unspecified atom stereocenters. The van der Waals surface area contributed by atoms with Gasteiger partial charge >= 0.3 is 0 Å². The van der Waals surface area contributed by atoms with E-state index < -0.39 is 5.92 Å². The van der Waals surface area contributed by atoms with Crippen molar-refractivity contribution in [2.45, 2.75) is 33.1 Å². The number of fused-ring (bicyclic) bond motifs is 1. The van der Waals surface area contributed by atoms with E-state index in [9.17, 15) is 4.79 Å². The predicted molar refractivity (Wildman–Crippen MR) is 111 cm³/mol. The van der Waals surface area contributed by atoms with E-state index in [-0.39, 0.29) is 12.5 Å². The van der Waals surface area contributed by atoms with Crippen molar-refractivity contribution in [3.63, 3.8) is 0 Å². The van der Waals surface area contributed by atoms with Gasteiger partial charge in [-0.25, -0.2) is 0 Å². The number of carbonyl (C=O) groups is 1. The fourth-order valence-electron chi connectivity index (χ4n) is 3.70. The van der Waals surface area contributed by atoms with Gasteiger partial charge in [-0.2, -0.15) is 5.10 Å². The number of anilines is 2. The minimum absolute atomic E-state index is 0.0269. The average molecular weight is 376 g/mol. The summed E-state index contributed by atoms with van der Waals surface area (Å²) in [5, 5.41) is 3.97. The summed E-state index contributed by atoms with van der Waals surface area (Å²) in [7, 11) is 1.59. The molecule has 2 aliphatic rings. The molecule has 0 aliphatic carbocycles. The van der Waals surface area contributed by atoms with Crippen molar-refractivity contribution >= 4 is 23.0 Å². The van der Waals surface area contributed by atoms with Gasteiger partial charge in [0.25, 0.3) is 0 Å². The standard InChI is InChI=1S/C18H27N5O2.C2H6/c1-25-12-15-17(21-20)14-11-13(22-8-2-3-9-22)5-6-16(14)23(18(15)24)10-4-7-19;1-2/h5-6,11,15H,2-4,7-10,12,19-20H2,1H3;1-2H3/b21-17-;. The minimum Gasteiger partial charge on any atom is -0.383 e. The number of ether oxygens (including phenoxy) is 1. The van der Waals surface area contributed by atoms with Gasteiger partial charge in [0.1, 0.15) is 5.92 Å². The number of hydrogen-bond acceptors (Lipinski definition) is 6. The highest BCUT2D eigenvalue weighted by Gasteiger charge is 2.38. The van der Waals surface area contributed by atoms with Crippen LogP contribution in [0.3, 0.4) is 0 Å². The summed E-state index contributed by atoms with van der Waals surface area (Å²) in [6, 6.07) is 6.19. The molecule has 150 valence electrons. The number of hydrogen-bond donors (Lipinski definition) is 2. The Hall–Kier alpha value is -2.12. The molecule has 1 saturated heterocycles. The van der Waals surface area contributed by atoms with Crippen LogP contribution < -0.4 is 21.4 Å². The van der Waals surface area contributed by atoms with Gasteiger partial charge in [0, 0.05) is 38.0 Å². The Morgan fingerprint density at radius 1 is 1.26 bits per heavy atom. The summed E-state index contributed by atoms with van der Waals surface area (Å²) in [6.07, 6.45) is 3.17. The second-order valence-electron chi connectivity index (χ2n) is 6.55. The monoisotopic (exact) mass is 375 g/mol. The van der Waals surface area contributed by atoms with Crippen molar-refractivity contribution in [2.24, 2.45) is 22.6 Å². The van der Waals surface area contributed by atoms with Crippen molar-refractivity contribution in [2.75, 3.05) is 49.7 Å². The zero-order valence-electron chi connectivity index (χ0n) is 16.8. The number of amides is 1. The van der Waals surface area contributed by atoms with Crippen molar-refractivity contribution in [3.05, 3.63) is 23.8 Å². The number of nitrogens with two attached hydrogens (primary N) is 2. The Morgan fingerprint density at radius 3 is 2.56 bits per heavy atom. The van der Waals surface area contributed by atoms with Gasteiger partial charge in [-0.3, -0.25) is 4.79 Å². The van der Waals surface area contributed by atoms with E-state index in [0.717, 1.165) is 36.4 Å². The first-order valence-corrected chi connectivity index (χ1v) is 9.88. The molecule has 3 rings (SSSR count). The number of benzene rings is 1. The lowest BCUT2D eigenvalue weighted by Crippen LogP contribution is -2.47. The number of rotatable bonds is 6. The summed E-state index contributed by atoms with van der Waals surface area (Å²) in [5.41, 5.74) is 9.19. The van der Waals surface area contributed by atoms with E-state index in [1.165, 1.54) is 12.8 Å². The van der Waals surface area contributed by atoms with Crippen LogP contribution in [0.25, 0.3) is 0 Å². The number of nitrogens with zero attached hydrogens (tertiary/aromatic N) is 3. The molecule has 1 atom stereocenters. The number of carbonyl (C=O) groups excluding carboxylic acids is 1. The molecule has 0 spiro atoms. The lowest BCUT2D eigenvalue weighted by molar-refractivity contribution is -0.121. The lowest BCUT2D eigenvalue weighted by Gasteiger charge is -2.35. The maximum atomic E-state index is 13.0. The van der Waals surface area contributed by atoms with Crippen LogP contribution in [0, 0.1) is 5.92 Å². The molecule has 7 nitrogen and oxygen atoms in total. The molecular weight excluding hydrogens is 342 g/mol. The second kappa shape index (κ2) is 10.3. The molecule has 1 amide bonds. The zero-order chi connectivity index (χ0) is 19.8. The lowest BCUT2D eigenvalue weighted by atomic mass is 9.89. The first-order chi connectivity index (χ1) is 13.2. The number of methoxy groups -OCH3 is 1. The van der Waals surface area contributed by atoms with Crippen LogP contribution in [0.15, 0.2) is 23.3 Å². The van der Waals surface area contributed by atoms with Gasteiger partial charge < -0.3 is 26.1 Å². The maximum absolute atomic E-state index is 13.0. The highest BCUT2D eigenvalue weighted by Crippen LogP contribution is 2.35.